The molecule has 0 unspecified atom stereocenters. The van der Waals surface area contributed by atoms with Gasteiger partial charge in [0.1, 0.15) is 5.82 Å². The number of hydrogen-bond donors (Lipinski definition) is 1. The Morgan fingerprint density at radius 1 is 1.26 bits per heavy atom. The number of aromatic nitrogens is 3. The van der Waals surface area contributed by atoms with E-state index in [-0.39, 0.29) is 11.8 Å². The first-order chi connectivity index (χ1) is 11.3. The van der Waals surface area contributed by atoms with E-state index in [1.807, 2.05) is 12.1 Å². The topological polar surface area (TPSA) is 77.0 Å². The van der Waals surface area contributed by atoms with Gasteiger partial charge in [-0.25, -0.2) is 4.98 Å². The van der Waals surface area contributed by atoms with Gasteiger partial charge in [-0.05, 0) is 42.9 Å². The average molecular weight is 330 g/mol. The van der Waals surface area contributed by atoms with Crippen molar-refractivity contribution in [2.24, 2.45) is 5.92 Å². The van der Waals surface area contributed by atoms with Crippen LogP contribution >= 0.6 is 11.5 Å². The Morgan fingerprint density at radius 2 is 2.04 bits per heavy atom. The molecule has 1 N–H and O–H groups in total. The first kappa shape index (κ1) is 14.7. The van der Waals surface area contributed by atoms with Crippen LogP contribution in [0.4, 0.5) is 5.13 Å². The zero-order chi connectivity index (χ0) is 15.6. The van der Waals surface area contributed by atoms with Gasteiger partial charge in [-0.1, -0.05) is 0 Å². The third kappa shape index (κ3) is 3.25. The zero-order valence-corrected chi connectivity index (χ0v) is 13.5. The first-order valence-corrected chi connectivity index (χ1v) is 8.71. The maximum absolute atomic E-state index is 12.3. The molecule has 0 spiro atoms. The Labute approximate surface area is 138 Å². The molecule has 1 aliphatic carbocycles. The summed E-state index contributed by atoms with van der Waals surface area (Å²) in [7, 11) is 0. The Kier molecular flexibility index (Phi) is 4.05. The summed E-state index contributed by atoms with van der Waals surface area (Å²) >= 11 is 1.27. The van der Waals surface area contributed by atoms with Gasteiger partial charge >= 0.3 is 0 Å². The second-order valence-electron chi connectivity index (χ2n) is 6.06. The van der Waals surface area contributed by atoms with Crippen LogP contribution in [0.15, 0.2) is 24.5 Å². The summed E-state index contributed by atoms with van der Waals surface area (Å²) in [5.41, 5.74) is 1.18. The average Bonchev–Trinajstić information content (AvgIpc) is 3.29. The highest BCUT2D eigenvalue weighted by atomic mass is 32.1. The van der Waals surface area contributed by atoms with Crippen molar-refractivity contribution in [3.63, 3.8) is 0 Å². The molecule has 120 valence electrons. The van der Waals surface area contributed by atoms with Crippen LogP contribution in [-0.2, 0) is 9.53 Å². The second-order valence-corrected chi connectivity index (χ2v) is 6.81. The number of anilines is 1. The molecule has 0 radical (unpaired) electrons. The predicted molar refractivity (Wildman–Crippen MR) is 86.4 cm³/mol. The molecule has 23 heavy (non-hydrogen) atoms. The maximum atomic E-state index is 12.3. The summed E-state index contributed by atoms with van der Waals surface area (Å²) in [4.78, 5) is 20.8. The van der Waals surface area contributed by atoms with Crippen molar-refractivity contribution >= 4 is 22.6 Å². The normalized spacial score (nSPS) is 24.3. The quantitative estimate of drug-likeness (QED) is 0.932. The molecule has 1 amide bonds. The van der Waals surface area contributed by atoms with E-state index in [0.29, 0.717) is 17.0 Å². The fourth-order valence-corrected chi connectivity index (χ4v) is 3.72. The van der Waals surface area contributed by atoms with Gasteiger partial charge in [0.25, 0.3) is 0 Å². The highest BCUT2D eigenvalue weighted by Crippen LogP contribution is 2.47. The van der Waals surface area contributed by atoms with Crippen molar-refractivity contribution in [1.29, 1.82) is 0 Å². The van der Waals surface area contributed by atoms with Gasteiger partial charge < -0.3 is 10.1 Å². The summed E-state index contributed by atoms with van der Waals surface area (Å²) in [6.45, 7) is 1.53. The molecule has 0 bridgehead atoms. The van der Waals surface area contributed by atoms with Crippen LogP contribution in [0.3, 0.4) is 0 Å². The van der Waals surface area contributed by atoms with Gasteiger partial charge in [-0.2, -0.15) is 4.37 Å². The molecule has 2 atom stereocenters. The van der Waals surface area contributed by atoms with Crippen LogP contribution in [0.1, 0.15) is 42.5 Å². The van der Waals surface area contributed by atoms with E-state index in [4.69, 9.17) is 4.74 Å². The molecule has 2 aliphatic rings. The highest BCUT2D eigenvalue weighted by Gasteiger charge is 2.44. The van der Waals surface area contributed by atoms with E-state index in [9.17, 15) is 4.79 Å². The fourth-order valence-electron chi connectivity index (χ4n) is 3.07. The van der Waals surface area contributed by atoms with Crippen molar-refractivity contribution in [3.05, 3.63) is 35.9 Å². The summed E-state index contributed by atoms with van der Waals surface area (Å²) in [5, 5.41) is 3.53. The fraction of sp³-hybridized carbons (Fsp3) is 0.500. The summed E-state index contributed by atoms with van der Waals surface area (Å²) < 4.78 is 9.76. The summed E-state index contributed by atoms with van der Waals surface area (Å²) in [5.74, 6) is 1.58. The lowest BCUT2D eigenvalue weighted by atomic mass is 10.00. The number of amides is 1. The van der Waals surface area contributed by atoms with Crippen molar-refractivity contribution in [2.75, 3.05) is 18.5 Å². The minimum Gasteiger partial charge on any atom is -0.381 e. The molecule has 2 fully saturated rings. The Bertz CT molecular complexity index is 684. The summed E-state index contributed by atoms with van der Waals surface area (Å²) in [6, 6.07) is 3.96. The molecule has 1 saturated carbocycles. The van der Waals surface area contributed by atoms with Gasteiger partial charge in [0, 0.05) is 49.0 Å². The van der Waals surface area contributed by atoms with Crippen molar-refractivity contribution in [2.45, 2.75) is 31.1 Å². The van der Waals surface area contributed by atoms with Gasteiger partial charge in [0.15, 0.2) is 0 Å². The standard InChI is InChI=1S/C16H18N4O2S/c21-15(13-9-12(13)10-1-5-17-6-2-10)19-16-18-14(20-23-16)11-3-7-22-8-4-11/h1-2,5-6,11-13H,3-4,7-9H2,(H,18,19,20,21)/t12-,13+/m0/s1. The van der Waals surface area contributed by atoms with Crippen molar-refractivity contribution in [1.82, 2.24) is 14.3 Å². The van der Waals surface area contributed by atoms with Crippen LogP contribution < -0.4 is 5.32 Å². The SMILES string of the molecule is O=C(Nc1nc(C2CCOCC2)ns1)[C@@H]1C[C@H]1c1ccncc1. The number of nitrogens with zero attached hydrogens (tertiary/aromatic N) is 3. The van der Waals surface area contributed by atoms with Crippen molar-refractivity contribution < 1.29 is 9.53 Å². The molecule has 2 aromatic heterocycles. The molecule has 0 aromatic carbocycles. The molecule has 2 aromatic rings. The van der Waals surface area contributed by atoms with E-state index >= 15 is 0 Å². The van der Waals surface area contributed by atoms with Crippen LogP contribution in [0.5, 0.6) is 0 Å². The Balaban J connectivity index is 1.36. The molecule has 6 nitrogen and oxygen atoms in total. The van der Waals surface area contributed by atoms with Crippen molar-refractivity contribution in [3.8, 4) is 0 Å². The number of carbonyl (C=O) groups excluding carboxylic acids is 1. The number of hydrogen-bond acceptors (Lipinski definition) is 6. The summed E-state index contributed by atoms with van der Waals surface area (Å²) in [6.07, 6.45) is 6.34. The minimum absolute atomic E-state index is 0.0350. The van der Waals surface area contributed by atoms with Gasteiger partial charge in [-0.3, -0.25) is 9.78 Å². The van der Waals surface area contributed by atoms with Crippen LogP contribution in [0.25, 0.3) is 0 Å². The van der Waals surface area contributed by atoms with Crippen LogP contribution in [-0.4, -0.2) is 33.5 Å². The van der Waals surface area contributed by atoms with E-state index in [2.05, 4.69) is 19.7 Å². The van der Waals surface area contributed by atoms with E-state index in [1.165, 1.54) is 17.1 Å². The first-order valence-electron chi connectivity index (χ1n) is 7.93. The lowest BCUT2D eigenvalue weighted by molar-refractivity contribution is -0.117. The highest BCUT2D eigenvalue weighted by molar-refractivity contribution is 7.09. The lowest BCUT2D eigenvalue weighted by Gasteiger charge is -2.18. The minimum atomic E-state index is 0.0350. The molecule has 7 heteroatoms. The third-order valence-corrected chi connectivity index (χ3v) is 5.16. The molecular formula is C16H18N4O2S. The predicted octanol–water partition coefficient (Wildman–Crippen LogP) is 2.57. The molecule has 1 saturated heterocycles. The number of ether oxygens (including phenoxy) is 1. The molecule has 3 heterocycles. The maximum Gasteiger partial charge on any atom is 0.229 e. The van der Waals surface area contributed by atoms with E-state index in [1.54, 1.807) is 12.4 Å². The molecule has 1 aliphatic heterocycles. The molecular weight excluding hydrogens is 312 g/mol. The molecule has 4 rings (SSSR count). The lowest BCUT2D eigenvalue weighted by Crippen LogP contribution is -2.16. The van der Waals surface area contributed by atoms with Crippen LogP contribution in [0.2, 0.25) is 0 Å². The Hall–Kier alpha value is -1.86. The largest absolute Gasteiger partial charge is 0.381 e. The third-order valence-electron chi connectivity index (χ3n) is 4.52. The van der Waals surface area contributed by atoms with Gasteiger partial charge in [-0.15, -0.1) is 0 Å². The number of rotatable bonds is 4. The number of nitrogens with one attached hydrogen (secondary N) is 1. The van der Waals surface area contributed by atoms with E-state index in [0.717, 1.165) is 38.3 Å². The van der Waals surface area contributed by atoms with Crippen LogP contribution in [0, 0.1) is 5.92 Å². The monoisotopic (exact) mass is 330 g/mol. The number of carbonyl (C=O) groups is 1. The Morgan fingerprint density at radius 3 is 2.83 bits per heavy atom. The smallest absolute Gasteiger partial charge is 0.229 e. The van der Waals surface area contributed by atoms with Gasteiger partial charge in [0.2, 0.25) is 11.0 Å². The van der Waals surface area contributed by atoms with E-state index < -0.39 is 0 Å². The van der Waals surface area contributed by atoms with Gasteiger partial charge in [0.05, 0.1) is 0 Å². The zero-order valence-electron chi connectivity index (χ0n) is 12.6. The second kappa shape index (κ2) is 6.33. The number of pyridine rings is 1.